The molecule has 1 aromatic heterocycles. The van der Waals surface area contributed by atoms with Crippen LogP contribution >= 0.6 is 11.6 Å². The van der Waals surface area contributed by atoms with Gasteiger partial charge in [-0.3, -0.25) is 4.79 Å². The van der Waals surface area contributed by atoms with E-state index in [4.69, 9.17) is 20.9 Å². The van der Waals surface area contributed by atoms with Crippen molar-refractivity contribution in [1.82, 2.24) is 10.1 Å². The van der Waals surface area contributed by atoms with Crippen molar-refractivity contribution in [2.75, 3.05) is 5.32 Å². The summed E-state index contributed by atoms with van der Waals surface area (Å²) in [4.78, 5) is 16.0. The molecule has 2 atom stereocenters. The predicted octanol–water partition coefficient (Wildman–Crippen LogP) is 5.90. The van der Waals surface area contributed by atoms with E-state index in [0.717, 1.165) is 36.1 Å². The highest BCUT2D eigenvalue weighted by Crippen LogP contribution is 2.32. The lowest BCUT2D eigenvalue weighted by molar-refractivity contribution is -0.143. The van der Waals surface area contributed by atoms with Gasteiger partial charge in [0.1, 0.15) is 5.75 Å². The normalized spacial score (nSPS) is 18.5. The monoisotopic (exact) mass is 455 g/mol. The van der Waals surface area contributed by atoms with Gasteiger partial charge in [-0.15, -0.1) is 0 Å². The molecule has 0 unspecified atom stereocenters. The van der Waals surface area contributed by atoms with Gasteiger partial charge in [-0.25, -0.2) is 0 Å². The molecule has 0 saturated heterocycles. The minimum absolute atomic E-state index is 0.0284. The maximum Gasteiger partial charge on any atom is 0.308 e. The number of hydrogen-bond acceptors (Lipinski definition) is 6. The van der Waals surface area contributed by atoms with E-state index in [-0.39, 0.29) is 18.1 Å². The molecule has 1 heterocycles. The van der Waals surface area contributed by atoms with Gasteiger partial charge in [0, 0.05) is 22.9 Å². The molecule has 0 radical (unpaired) electrons. The van der Waals surface area contributed by atoms with E-state index < -0.39 is 5.97 Å². The quantitative estimate of drug-likeness (QED) is 0.457. The highest BCUT2D eigenvalue weighted by Gasteiger charge is 2.30. The van der Waals surface area contributed by atoms with Gasteiger partial charge in [-0.2, -0.15) is 4.98 Å². The van der Waals surface area contributed by atoms with Gasteiger partial charge in [0.25, 0.3) is 5.89 Å². The van der Waals surface area contributed by atoms with Crippen LogP contribution in [0.5, 0.6) is 5.75 Å². The SMILES string of the molecule is CC(C)Oc1ccc(-c2noc(-c3ccc(N[C@H]4CCCC[C@@H]4C(=O)O)cc3)n2)cc1Cl. The number of hydrogen-bond donors (Lipinski definition) is 2. The number of benzene rings is 2. The molecule has 4 rings (SSSR count). The number of rotatable bonds is 7. The second-order valence-corrected chi connectivity index (χ2v) is 8.70. The van der Waals surface area contributed by atoms with Gasteiger partial charge in [0.15, 0.2) is 0 Å². The Balaban J connectivity index is 1.46. The molecule has 7 nitrogen and oxygen atoms in total. The zero-order chi connectivity index (χ0) is 22.7. The van der Waals surface area contributed by atoms with Crippen molar-refractivity contribution in [3.63, 3.8) is 0 Å². The van der Waals surface area contributed by atoms with E-state index in [0.29, 0.717) is 28.9 Å². The Labute approximate surface area is 191 Å². The third-order valence-electron chi connectivity index (χ3n) is 5.55. The number of halogens is 1. The molecular weight excluding hydrogens is 430 g/mol. The highest BCUT2D eigenvalue weighted by molar-refractivity contribution is 6.32. The van der Waals surface area contributed by atoms with Crippen LogP contribution in [0.1, 0.15) is 39.5 Å². The number of nitrogens with one attached hydrogen (secondary N) is 1. The van der Waals surface area contributed by atoms with Crippen LogP contribution < -0.4 is 10.1 Å². The van der Waals surface area contributed by atoms with Crippen LogP contribution in [0.25, 0.3) is 22.8 Å². The molecule has 0 bridgehead atoms. The first-order valence-corrected chi connectivity index (χ1v) is 11.2. The Bertz CT molecular complexity index is 1080. The third-order valence-corrected chi connectivity index (χ3v) is 5.84. The summed E-state index contributed by atoms with van der Waals surface area (Å²) in [5.41, 5.74) is 2.38. The van der Waals surface area contributed by atoms with Gasteiger partial charge in [-0.05, 0) is 69.2 Å². The van der Waals surface area contributed by atoms with Crippen molar-refractivity contribution < 1.29 is 19.2 Å². The number of ether oxygens (including phenoxy) is 1. The molecule has 1 saturated carbocycles. The number of nitrogens with zero attached hydrogens (tertiary/aromatic N) is 2. The Morgan fingerprint density at radius 1 is 1.16 bits per heavy atom. The average Bonchev–Trinajstić information content (AvgIpc) is 3.26. The maximum absolute atomic E-state index is 11.5. The number of carboxylic acid groups (broad SMARTS) is 1. The van der Waals surface area contributed by atoms with Crippen LogP contribution in [-0.2, 0) is 4.79 Å². The van der Waals surface area contributed by atoms with Crippen molar-refractivity contribution in [3.05, 3.63) is 47.5 Å². The first kappa shape index (κ1) is 22.1. The number of carboxylic acids is 1. The lowest BCUT2D eigenvalue weighted by Crippen LogP contribution is -2.37. The summed E-state index contributed by atoms with van der Waals surface area (Å²) < 4.78 is 11.1. The zero-order valence-electron chi connectivity index (χ0n) is 18.0. The van der Waals surface area contributed by atoms with Gasteiger partial charge in [0.05, 0.1) is 17.0 Å². The lowest BCUT2D eigenvalue weighted by Gasteiger charge is -2.30. The molecule has 0 aliphatic heterocycles. The molecule has 3 aromatic rings. The molecule has 32 heavy (non-hydrogen) atoms. The van der Waals surface area contributed by atoms with E-state index in [2.05, 4.69) is 15.5 Å². The molecule has 0 amide bonds. The van der Waals surface area contributed by atoms with E-state index in [1.54, 1.807) is 12.1 Å². The van der Waals surface area contributed by atoms with Crippen LogP contribution in [0.2, 0.25) is 5.02 Å². The number of aliphatic carboxylic acids is 1. The van der Waals surface area contributed by atoms with E-state index in [1.165, 1.54) is 0 Å². The van der Waals surface area contributed by atoms with Crippen molar-refractivity contribution in [2.24, 2.45) is 5.92 Å². The minimum Gasteiger partial charge on any atom is -0.489 e. The summed E-state index contributed by atoms with van der Waals surface area (Å²) in [6.07, 6.45) is 3.60. The molecule has 1 fully saturated rings. The standard InChI is InChI=1S/C24H26ClN3O4/c1-14(2)31-21-12-9-16(13-19(21)25)22-27-23(32-28-22)15-7-10-17(11-8-15)26-20-6-4-3-5-18(20)24(29)30/h7-14,18,20,26H,3-6H2,1-2H3,(H,29,30)/t18-,20-/m0/s1. The molecule has 8 heteroatoms. The summed E-state index contributed by atoms with van der Waals surface area (Å²) >= 11 is 6.32. The molecule has 1 aliphatic rings. The van der Waals surface area contributed by atoms with Crippen molar-refractivity contribution in [2.45, 2.75) is 51.7 Å². The molecule has 1 aliphatic carbocycles. The summed E-state index contributed by atoms with van der Waals surface area (Å²) in [6, 6.07) is 12.9. The van der Waals surface area contributed by atoms with Gasteiger partial charge >= 0.3 is 5.97 Å². The molecule has 2 aromatic carbocycles. The lowest BCUT2D eigenvalue weighted by atomic mass is 9.84. The fourth-order valence-electron chi connectivity index (χ4n) is 3.97. The van der Waals surface area contributed by atoms with Gasteiger partial charge in [-0.1, -0.05) is 29.6 Å². The second-order valence-electron chi connectivity index (χ2n) is 8.29. The van der Waals surface area contributed by atoms with Crippen molar-refractivity contribution >= 4 is 23.3 Å². The minimum atomic E-state index is -0.735. The van der Waals surface area contributed by atoms with Gasteiger partial charge < -0.3 is 19.7 Å². The summed E-state index contributed by atoms with van der Waals surface area (Å²) in [7, 11) is 0. The van der Waals surface area contributed by atoms with Gasteiger partial charge in [0.2, 0.25) is 5.82 Å². The Hall–Kier alpha value is -3.06. The average molecular weight is 456 g/mol. The van der Waals surface area contributed by atoms with Crippen LogP contribution in [0.3, 0.4) is 0 Å². The molecule has 0 spiro atoms. The van der Waals surface area contributed by atoms with Crippen molar-refractivity contribution in [1.29, 1.82) is 0 Å². The molecule has 2 N–H and O–H groups in total. The third kappa shape index (κ3) is 5.05. The van der Waals surface area contributed by atoms with Crippen molar-refractivity contribution in [3.8, 4) is 28.6 Å². The first-order valence-electron chi connectivity index (χ1n) is 10.8. The number of anilines is 1. The highest BCUT2D eigenvalue weighted by atomic mass is 35.5. The fraction of sp³-hybridized carbons (Fsp3) is 0.375. The van der Waals surface area contributed by atoms with E-state index in [1.807, 2.05) is 44.2 Å². The Morgan fingerprint density at radius 2 is 1.88 bits per heavy atom. The van der Waals surface area contributed by atoms with Crippen LogP contribution in [-0.4, -0.2) is 33.4 Å². The van der Waals surface area contributed by atoms with E-state index in [9.17, 15) is 9.90 Å². The topological polar surface area (TPSA) is 97.5 Å². The molecular formula is C24H26ClN3O4. The van der Waals surface area contributed by atoms with Crippen LogP contribution in [0.4, 0.5) is 5.69 Å². The number of carbonyl (C=O) groups is 1. The summed E-state index contributed by atoms with van der Waals surface area (Å²) in [6.45, 7) is 3.88. The van der Waals surface area contributed by atoms with Crippen LogP contribution in [0, 0.1) is 5.92 Å². The Morgan fingerprint density at radius 3 is 2.56 bits per heavy atom. The molecule has 168 valence electrons. The zero-order valence-corrected chi connectivity index (χ0v) is 18.8. The number of aromatic nitrogens is 2. The van der Waals surface area contributed by atoms with E-state index >= 15 is 0 Å². The summed E-state index contributed by atoms with van der Waals surface area (Å²) in [5.74, 6) is 0.352. The summed E-state index contributed by atoms with van der Waals surface area (Å²) in [5, 5.41) is 17.4. The largest absolute Gasteiger partial charge is 0.489 e. The fourth-order valence-corrected chi connectivity index (χ4v) is 4.19. The second kappa shape index (κ2) is 9.61. The Kier molecular flexibility index (Phi) is 6.65. The first-order chi connectivity index (χ1) is 15.4. The van der Waals surface area contributed by atoms with Crippen LogP contribution in [0.15, 0.2) is 47.0 Å². The predicted molar refractivity (Wildman–Crippen MR) is 123 cm³/mol. The maximum atomic E-state index is 11.5. The smallest absolute Gasteiger partial charge is 0.308 e.